The van der Waals surface area contributed by atoms with Crippen LogP contribution >= 0.6 is 0 Å². The van der Waals surface area contributed by atoms with E-state index in [0.717, 1.165) is 12.8 Å². The monoisotopic (exact) mass is 458 g/mol. The minimum Gasteiger partial charge on any atom is -0.387 e. The van der Waals surface area contributed by atoms with E-state index in [0.29, 0.717) is 19.4 Å². The van der Waals surface area contributed by atoms with Crippen LogP contribution in [-0.4, -0.2) is 71.2 Å². The van der Waals surface area contributed by atoms with Crippen molar-refractivity contribution in [1.29, 1.82) is 0 Å². The van der Waals surface area contributed by atoms with Crippen molar-refractivity contribution in [1.82, 2.24) is 24.8 Å². The molecule has 2 fully saturated rings. The zero-order valence-corrected chi connectivity index (χ0v) is 18.9. The van der Waals surface area contributed by atoms with Crippen LogP contribution in [0.2, 0.25) is 0 Å². The van der Waals surface area contributed by atoms with E-state index in [4.69, 9.17) is 10.5 Å². The number of aromatic nitrogens is 4. The molecule has 5 atom stereocenters. The molecule has 11 nitrogen and oxygen atoms in total. The Morgan fingerprint density at radius 3 is 2.79 bits per heavy atom. The summed E-state index contributed by atoms with van der Waals surface area (Å²) in [5, 5.41) is 34.4. The highest BCUT2D eigenvalue weighted by Gasteiger charge is 2.47. The number of likely N-dealkylation sites (N-methyl/N-ethyl adjacent to an activating group) is 1. The van der Waals surface area contributed by atoms with E-state index in [1.54, 1.807) is 6.92 Å². The first-order chi connectivity index (χ1) is 15.5. The summed E-state index contributed by atoms with van der Waals surface area (Å²) in [5.41, 5.74) is 5.41. The molecule has 6 N–H and O–H groups in total. The van der Waals surface area contributed by atoms with E-state index < -0.39 is 36.0 Å². The fourth-order valence-corrected chi connectivity index (χ4v) is 4.67. The number of anilines is 1. The molecule has 1 aliphatic heterocycles. The molecule has 2 aromatic rings. The normalized spacial score (nSPS) is 31.2. The molecule has 3 heterocycles. The molecule has 2 aromatic heterocycles. The van der Waals surface area contributed by atoms with Gasteiger partial charge >= 0.3 is 0 Å². The molecular formula is C22H30N6O5. The molecule has 1 saturated heterocycles. The van der Waals surface area contributed by atoms with E-state index in [9.17, 15) is 20.1 Å². The number of nitrogens with two attached hydrogens (primary N) is 1. The van der Waals surface area contributed by atoms with Crippen LogP contribution in [0.3, 0.4) is 0 Å². The highest BCUT2D eigenvalue weighted by molar-refractivity contribution is 5.83. The number of hydrogen-bond acceptors (Lipinski definition) is 9. The number of ether oxygens (including phenoxy) is 1. The number of rotatable bonds is 3. The maximum absolute atomic E-state index is 12.2. The van der Waals surface area contributed by atoms with Crippen LogP contribution in [0.5, 0.6) is 0 Å². The molecule has 2 aliphatic rings. The largest absolute Gasteiger partial charge is 0.387 e. The van der Waals surface area contributed by atoms with Crippen LogP contribution < -0.4 is 11.1 Å². The molecule has 0 bridgehead atoms. The van der Waals surface area contributed by atoms with Gasteiger partial charge in [0.25, 0.3) is 5.91 Å². The minimum atomic E-state index is -1.43. The van der Waals surface area contributed by atoms with Crippen LogP contribution in [0.25, 0.3) is 11.2 Å². The van der Waals surface area contributed by atoms with Crippen LogP contribution in [0, 0.1) is 17.3 Å². The van der Waals surface area contributed by atoms with Crippen molar-refractivity contribution >= 4 is 22.9 Å². The summed E-state index contributed by atoms with van der Waals surface area (Å²) in [6.45, 7) is 6.31. The van der Waals surface area contributed by atoms with Crippen molar-refractivity contribution in [2.24, 2.45) is 5.41 Å². The van der Waals surface area contributed by atoms with Crippen molar-refractivity contribution < 1.29 is 24.9 Å². The van der Waals surface area contributed by atoms with Crippen molar-refractivity contribution in [3.05, 3.63) is 12.2 Å². The maximum atomic E-state index is 12.2. The van der Waals surface area contributed by atoms with Crippen LogP contribution in [0.15, 0.2) is 6.33 Å². The van der Waals surface area contributed by atoms with Crippen molar-refractivity contribution in [3.8, 4) is 11.8 Å². The number of nitrogen functional groups attached to an aromatic ring is 1. The molecule has 1 saturated carbocycles. The zero-order chi connectivity index (χ0) is 24.0. The van der Waals surface area contributed by atoms with E-state index in [1.165, 1.54) is 10.9 Å². The van der Waals surface area contributed by atoms with Gasteiger partial charge in [-0.15, -0.1) is 0 Å². The van der Waals surface area contributed by atoms with Crippen molar-refractivity contribution in [2.75, 3.05) is 12.3 Å². The number of imidazole rings is 1. The third-order valence-corrected chi connectivity index (χ3v) is 6.19. The van der Waals surface area contributed by atoms with Gasteiger partial charge in [-0.25, -0.2) is 15.0 Å². The topological polar surface area (TPSA) is 169 Å². The fraction of sp³-hybridized carbons (Fsp3) is 0.636. The summed E-state index contributed by atoms with van der Waals surface area (Å²) in [5.74, 6) is 5.39. The fourth-order valence-electron chi connectivity index (χ4n) is 4.67. The lowest BCUT2D eigenvalue weighted by molar-refractivity contribution is -0.137. The SMILES string of the molecule is CCNC(=O)[C@H]1O[C@@H](n2cnc3c(N)nc(C#C[C@]4(O)CCCC(C)(C)C4)nc32)C(O)[C@H]1O. The number of nitrogens with one attached hydrogen (secondary N) is 1. The molecule has 33 heavy (non-hydrogen) atoms. The van der Waals surface area contributed by atoms with Gasteiger partial charge in [-0.2, -0.15) is 0 Å². The standard InChI is InChI=1S/C22H30N6O5/c1-4-24-19(31)16-14(29)15(30)20(33-16)28-11-25-13-17(23)26-12(27-18(13)28)6-9-22(32)8-5-7-21(2,3)10-22/h11,14-16,20,29-30,32H,4-5,7-8,10H2,1-3H3,(H,24,31)(H2,23,26,27)/t14-,15?,16+,20-,22-/m1/s1. The Bertz CT molecular complexity index is 1120. The lowest BCUT2D eigenvalue weighted by Gasteiger charge is -2.38. The molecule has 4 rings (SSSR count). The molecule has 1 aliphatic carbocycles. The number of fused-ring (bicyclic) bond motifs is 1. The van der Waals surface area contributed by atoms with E-state index in [2.05, 4.69) is 46.0 Å². The Labute approximate surface area is 191 Å². The third-order valence-electron chi connectivity index (χ3n) is 6.19. The van der Waals surface area contributed by atoms with Gasteiger partial charge in [0.2, 0.25) is 5.82 Å². The van der Waals surface area contributed by atoms with Gasteiger partial charge in [0, 0.05) is 6.54 Å². The summed E-state index contributed by atoms with van der Waals surface area (Å²) >= 11 is 0. The van der Waals surface area contributed by atoms with Gasteiger partial charge in [0.05, 0.1) is 6.33 Å². The number of carbonyl (C=O) groups is 1. The van der Waals surface area contributed by atoms with Crippen molar-refractivity contribution in [2.45, 2.75) is 76.6 Å². The number of hydrogen-bond donors (Lipinski definition) is 5. The lowest BCUT2D eigenvalue weighted by atomic mass is 9.70. The molecule has 0 aromatic carbocycles. The average molecular weight is 459 g/mol. The Morgan fingerprint density at radius 1 is 1.33 bits per heavy atom. The molecule has 178 valence electrons. The second-order valence-corrected chi connectivity index (χ2v) is 9.56. The number of aliphatic hydroxyl groups excluding tert-OH is 2. The Morgan fingerprint density at radius 2 is 2.09 bits per heavy atom. The molecule has 0 radical (unpaired) electrons. The van der Waals surface area contributed by atoms with Crippen molar-refractivity contribution in [3.63, 3.8) is 0 Å². The number of aliphatic hydroxyl groups is 3. The van der Waals surface area contributed by atoms with Crippen LogP contribution in [0.4, 0.5) is 5.82 Å². The molecule has 1 amide bonds. The highest BCUT2D eigenvalue weighted by atomic mass is 16.6. The summed E-state index contributed by atoms with van der Waals surface area (Å²) < 4.78 is 7.05. The number of nitrogens with zero attached hydrogens (tertiary/aromatic N) is 4. The molecule has 11 heteroatoms. The summed E-state index contributed by atoms with van der Waals surface area (Å²) in [7, 11) is 0. The minimum absolute atomic E-state index is 0.0124. The summed E-state index contributed by atoms with van der Waals surface area (Å²) in [6, 6.07) is 0. The van der Waals surface area contributed by atoms with Gasteiger partial charge in [-0.05, 0) is 43.9 Å². The van der Waals surface area contributed by atoms with Crippen LogP contribution in [-0.2, 0) is 9.53 Å². The van der Waals surface area contributed by atoms with Gasteiger partial charge in [0.1, 0.15) is 23.3 Å². The lowest BCUT2D eigenvalue weighted by Crippen LogP contribution is -2.42. The quantitative estimate of drug-likeness (QED) is 0.393. The maximum Gasteiger partial charge on any atom is 0.252 e. The average Bonchev–Trinajstić information content (AvgIpc) is 3.27. The van der Waals surface area contributed by atoms with Gasteiger partial charge in [-0.1, -0.05) is 19.8 Å². The molecular weight excluding hydrogens is 428 g/mol. The predicted molar refractivity (Wildman–Crippen MR) is 118 cm³/mol. The van der Waals surface area contributed by atoms with Gasteiger partial charge in [0.15, 0.2) is 23.8 Å². The van der Waals surface area contributed by atoms with E-state index in [-0.39, 0.29) is 28.2 Å². The first-order valence-electron chi connectivity index (χ1n) is 11.1. The first kappa shape index (κ1) is 23.4. The van der Waals surface area contributed by atoms with Crippen LogP contribution in [0.1, 0.15) is 58.5 Å². The zero-order valence-electron chi connectivity index (χ0n) is 18.9. The van der Waals surface area contributed by atoms with Gasteiger partial charge < -0.3 is 31.1 Å². The first-order valence-corrected chi connectivity index (χ1v) is 11.1. The van der Waals surface area contributed by atoms with E-state index in [1.807, 2.05) is 0 Å². The Kier molecular flexibility index (Phi) is 6.05. The molecule has 0 spiro atoms. The molecule has 1 unspecified atom stereocenters. The van der Waals surface area contributed by atoms with Gasteiger partial charge in [-0.3, -0.25) is 9.36 Å². The summed E-state index contributed by atoms with van der Waals surface area (Å²) in [4.78, 5) is 25.0. The van der Waals surface area contributed by atoms with E-state index >= 15 is 0 Å². The Hall–Kier alpha value is -2.78. The smallest absolute Gasteiger partial charge is 0.252 e. The third kappa shape index (κ3) is 4.52. The number of amides is 1. The second-order valence-electron chi connectivity index (χ2n) is 9.56. The number of carbonyl (C=O) groups excluding carboxylic acids is 1. The summed E-state index contributed by atoms with van der Waals surface area (Å²) in [6.07, 6.45) is -0.820. The highest BCUT2D eigenvalue weighted by Crippen LogP contribution is 2.40. The predicted octanol–water partition coefficient (Wildman–Crippen LogP) is -0.153. The second kappa shape index (κ2) is 8.53. The Balaban J connectivity index is 1.66.